The topological polar surface area (TPSA) is 187 Å². The summed E-state index contributed by atoms with van der Waals surface area (Å²) in [5.41, 5.74) is -1.67. The van der Waals surface area contributed by atoms with Crippen LogP contribution in [0.3, 0.4) is 0 Å². The molecule has 1 atom stereocenters. The Balaban J connectivity index is 3.82. The molecule has 0 radical (unpaired) electrons. The second-order valence-electron chi connectivity index (χ2n) is 7.40. The van der Waals surface area contributed by atoms with E-state index in [1.165, 1.54) is 14.0 Å². The van der Waals surface area contributed by atoms with Gasteiger partial charge in [0.05, 0.1) is 14.2 Å². The summed E-state index contributed by atoms with van der Waals surface area (Å²) in [5.74, 6) is -2.91. The number of aromatic carboxylic acids is 1. The second kappa shape index (κ2) is 10.5. The Morgan fingerprint density at radius 1 is 1.03 bits per heavy atom. The first-order valence-electron chi connectivity index (χ1n) is 9.05. The largest absolute Gasteiger partial charge is 0.492 e. The molecule has 1 N–H and O–H groups in total. The lowest BCUT2D eigenvalue weighted by Gasteiger charge is -2.25. The highest BCUT2D eigenvalue weighted by atomic mass is 17.0. The van der Waals surface area contributed by atoms with Crippen molar-refractivity contribution >= 4 is 11.9 Å². The molecule has 0 aliphatic heterocycles. The van der Waals surface area contributed by atoms with E-state index >= 15 is 0 Å². The van der Waals surface area contributed by atoms with Crippen LogP contribution in [-0.2, 0) is 20.8 Å². The van der Waals surface area contributed by atoms with Crippen LogP contribution in [0.25, 0.3) is 0 Å². The van der Waals surface area contributed by atoms with E-state index in [4.69, 9.17) is 14.2 Å². The SMILES string of the molecule is COc1c(OC)c(C(=O)OC(C)(C)C)c(CC(CO[N+](=O)[O-])O[N+](=O)[O-])c(C)c1C(=O)O. The third-order valence-electron chi connectivity index (χ3n) is 4.05. The zero-order valence-electron chi connectivity index (χ0n) is 18.3. The molecule has 14 heteroatoms. The van der Waals surface area contributed by atoms with Gasteiger partial charge < -0.3 is 29.0 Å². The molecule has 178 valence electrons. The van der Waals surface area contributed by atoms with Crippen molar-refractivity contribution in [2.75, 3.05) is 20.8 Å². The summed E-state index contributed by atoms with van der Waals surface area (Å²) >= 11 is 0. The minimum atomic E-state index is -1.56. The van der Waals surface area contributed by atoms with Gasteiger partial charge in [0, 0.05) is 6.42 Å². The van der Waals surface area contributed by atoms with Crippen molar-refractivity contribution in [2.45, 2.75) is 45.8 Å². The minimum absolute atomic E-state index is 0.00550. The van der Waals surface area contributed by atoms with Gasteiger partial charge in [0.1, 0.15) is 29.4 Å². The van der Waals surface area contributed by atoms with Gasteiger partial charge in [-0.25, -0.2) is 9.59 Å². The Kier molecular flexibility index (Phi) is 8.56. The smallest absolute Gasteiger partial charge is 0.342 e. The molecule has 0 bridgehead atoms. The second-order valence-corrected chi connectivity index (χ2v) is 7.40. The van der Waals surface area contributed by atoms with Gasteiger partial charge in [-0.15, -0.1) is 20.2 Å². The zero-order chi connectivity index (χ0) is 24.8. The van der Waals surface area contributed by atoms with Crippen LogP contribution in [0.4, 0.5) is 0 Å². The van der Waals surface area contributed by atoms with Gasteiger partial charge in [-0.1, -0.05) is 0 Å². The van der Waals surface area contributed by atoms with Gasteiger partial charge in [-0.2, -0.15) is 0 Å². The quantitative estimate of drug-likeness (QED) is 0.288. The number of carboxylic acids is 1. The van der Waals surface area contributed by atoms with Gasteiger partial charge in [0.2, 0.25) is 0 Å². The number of nitrogens with zero attached hydrogens (tertiary/aromatic N) is 2. The standard InChI is InChI=1S/C18H24N2O12/c1-9-11(7-10(32-20(26)27)8-30-19(24)25)13(17(23)31-18(2,3)4)15(29-6)14(28-5)12(9)16(21)22/h10H,7-8H2,1-6H3,(H,21,22). The highest BCUT2D eigenvalue weighted by Gasteiger charge is 2.34. The van der Waals surface area contributed by atoms with Crippen LogP contribution in [0, 0.1) is 27.2 Å². The number of carbonyl (C=O) groups is 2. The molecule has 0 amide bonds. The van der Waals surface area contributed by atoms with Crippen LogP contribution in [-0.4, -0.2) is 59.7 Å². The molecule has 0 aliphatic carbocycles. The summed E-state index contributed by atoms with van der Waals surface area (Å²) < 4.78 is 15.8. The molecule has 1 unspecified atom stereocenters. The van der Waals surface area contributed by atoms with Crippen molar-refractivity contribution in [3.8, 4) is 11.5 Å². The van der Waals surface area contributed by atoms with E-state index in [-0.39, 0.29) is 33.8 Å². The van der Waals surface area contributed by atoms with Crippen molar-refractivity contribution in [2.24, 2.45) is 0 Å². The van der Waals surface area contributed by atoms with Crippen LogP contribution in [0.5, 0.6) is 11.5 Å². The molecule has 0 spiro atoms. The van der Waals surface area contributed by atoms with Crippen LogP contribution in [0.15, 0.2) is 0 Å². The zero-order valence-corrected chi connectivity index (χ0v) is 18.3. The van der Waals surface area contributed by atoms with Crippen molar-refractivity contribution in [3.05, 3.63) is 42.5 Å². The fraction of sp³-hybridized carbons (Fsp3) is 0.556. The summed E-state index contributed by atoms with van der Waals surface area (Å²) in [6.07, 6.45) is -2.08. The van der Waals surface area contributed by atoms with E-state index in [1.54, 1.807) is 20.8 Å². The monoisotopic (exact) mass is 460 g/mol. The van der Waals surface area contributed by atoms with E-state index in [0.29, 0.717) is 0 Å². The molecule has 0 aromatic heterocycles. The van der Waals surface area contributed by atoms with Crippen molar-refractivity contribution in [1.82, 2.24) is 0 Å². The van der Waals surface area contributed by atoms with Gasteiger partial charge in [-0.05, 0) is 38.8 Å². The lowest BCUT2D eigenvalue weighted by molar-refractivity contribution is -0.789. The number of esters is 1. The molecule has 1 aromatic rings. The normalized spacial score (nSPS) is 11.8. The molecule has 1 aromatic carbocycles. The highest BCUT2D eigenvalue weighted by Crippen LogP contribution is 2.41. The molecule has 0 fully saturated rings. The number of benzene rings is 1. The molecular weight excluding hydrogens is 436 g/mol. The molecule has 32 heavy (non-hydrogen) atoms. The third-order valence-corrected chi connectivity index (χ3v) is 4.05. The van der Waals surface area contributed by atoms with E-state index in [9.17, 15) is 34.9 Å². The van der Waals surface area contributed by atoms with E-state index in [0.717, 1.165) is 7.11 Å². The van der Waals surface area contributed by atoms with Crippen LogP contribution in [0.2, 0.25) is 0 Å². The van der Waals surface area contributed by atoms with Crippen LogP contribution < -0.4 is 9.47 Å². The first kappa shape index (κ1) is 26.2. The Morgan fingerprint density at radius 2 is 1.56 bits per heavy atom. The Hall–Kier alpha value is -3.84. The van der Waals surface area contributed by atoms with Gasteiger partial charge >= 0.3 is 11.9 Å². The molecule has 14 nitrogen and oxygen atoms in total. The highest BCUT2D eigenvalue weighted by molar-refractivity contribution is 6.02. The average Bonchev–Trinajstić information content (AvgIpc) is 2.64. The fourth-order valence-electron chi connectivity index (χ4n) is 2.94. The number of rotatable bonds is 11. The van der Waals surface area contributed by atoms with E-state index in [2.05, 4.69) is 9.68 Å². The van der Waals surface area contributed by atoms with E-state index < -0.39 is 46.8 Å². The minimum Gasteiger partial charge on any atom is -0.492 e. The summed E-state index contributed by atoms with van der Waals surface area (Å²) in [6.45, 7) is 5.26. The number of carbonyl (C=O) groups excluding carboxylic acids is 1. The molecule has 0 saturated heterocycles. The van der Waals surface area contributed by atoms with Crippen molar-refractivity contribution in [3.63, 3.8) is 0 Å². The molecule has 1 rings (SSSR count). The molecule has 0 saturated carbocycles. The summed E-state index contributed by atoms with van der Waals surface area (Å²) in [4.78, 5) is 54.9. The van der Waals surface area contributed by atoms with Crippen LogP contribution in [0.1, 0.15) is 52.6 Å². The van der Waals surface area contributed by atoms with E-state index in [1.807, 2.05) is 0 Å². The summed E-state index contributed by atoms with van der Waals surface area (Å²) in [7, 11) is 2.34. The first-order valence-corrected chi connectivity index (χ1v) is 9.05. The molecule has 0 heterocycles. The number of hydrogen-bond acceptors (Lipinski definition) is 11. The average molecular weight is 460 g/mol. The number of carboxylic acid groups (broad SMARTS) is 1. The maximum absolute atomic E-state index is 13.0. The fourth-order valence-corrected chi connectivity index (χ4v) is 2.94. The van der Waals surface area contributed by atoms with Gasteiger partial charge in [-0.3, -0.25) is 0 Å². The van der Waals surface area contributed by atoms with Crippen molar-refractivity contribution < 1.29 is 48.8 Å². The predicted octanol–water partition coefficient (Wildman–Crippen LogP) is 1.99. The number of methoxy groups -OCH3 is 2. The van der Waals surface area contributed by atoms with Crippen molar-refractivity contribution in [1.29, 1.82) is 0 Å². The lowest BCUT2D eigenvalue weighted by atomic mass is 9.90. The number of ether oxygens (including phenoxy) is 3. The third kappa shape index (κ3) is 6.58. The molecular formula is C18H24N2O12. The van der Waals surface area contributed by atoms with Gasteiger partial charge in [0.25, 0.3) is 10.2 Å². The summed E-state index contributed by atoms with van der Waals surface area (Å²) in [5, 5.41) is 28.7. The predicted molar refractivity (Wildman–Crippen MR) is 105 cm³/mol. The Morgan fingerprint density at radius 3 is 1.97 bits per heavy atom. The Bertz CT molecular complexity index is 906. The Labute approximate surface area is 182 Å². The van der Waals surface area contributed by atoms with Crippen LogP contribution >= 0.6 is 0 Å². The van der Waals surface area contributed by atoms with Gasteiger partial charge in [0.15, 0.2) is 11.5 Å². The molecule has 0 aliphatic rings. The first-order chi connectivity index (χ1) is 14.7. The maximum Gasteiger partial charge on any atom is 0.342 e. The maximum atomic E-state index is 13.0. The lowest BCUT2D eigenvalue weighted by Crippen LogP contribution is -2.30. The number of hydrogen-bond donors (Lipinski definition) is 1. The summed E-state index contributed by atoms with van der Waals surface area (Å²) in [6, 6.07) is 0.